The van der Waals surface area contributed by atoms with E-state index in [1.54, 1.807) is 18.2 Å². The van der Waals surface area contributed by atoms with Gasteiger partial charge >= 0.3 is 0 Å². The Morgan fingerprint density at radius 3 is 2.46 bits per heavy atom. The lowest BCUT2D eigenvalue weighted by atomic mass is 10.2. The Hall–Kier alpha value is -3.86. The minimum Gasteiger partial charge on any atom is -0.505 e. The van der Waals surface area contributed by atoms with Crippen LogP contribution in [-0.4, -0.2) is 21.8 Å². The lowest BCUT2D eigenvalue weighted by Crippen LogP contribution is -2.08. The molecule has 1 aromatic heterocycles. The van der Waals surface area contributed by atoms with Gasteiger partial charge in [0.1, 0.15) is 17.2 Å². The van der Waals surface area contributed by atoms with Crippen molar-refractivity contribution < 1.29 is 14.6 Å². The summed E-state index contributed by atoms with van der Waals surface area (Å²) in [6.07, 6.45) is 1.50. The summed E-state index contributed by atoms with van der Waals surface area (Å²) in [4.78, 5) is 16.6. The molecule has 0 bridgehead atoms. The van der Waals surface area contributed by atoms with Gasteiger partial charge in [0.05, 0.1) is 17.4 Å². The van der Waals surface area contributed by atoms with Crippen molar-refractivity contribution in [3.05, 3.63) is 84.6 Å². The Morgan fingerprint density at radius 1 is 0.964 bits per heavy atom. The predicted octanol–water partition coefficient (Wildman–Crippen LogP) is 5.55. The molecule has 0 saturated heterocycles. The first kappa shape index (κ1) is 17.5. The maximum absolute atomic E-state index is 12.1. The van der Waals surface area contributed by atoms with Crippen molar-refractivity contribution in [2.45, 2.75) is 6.92 Å². The van der Waals surface area contributed by atoms with Gasteiger partial charge in [0.15, 0.2) is 5.75 Å². The lowest BCUT2D eigenvalue weighted by molar-refractivity contribution is 0.0940. The number of aromatic hydroxyl groups is 1. The van der Waals surface area contributed by atoms with Crippen LogP contribution >= 0.6 is 0 Å². The Labute approximate surface area is 162 Å². The summed E-state index contributed by atoms with van der Waals surface area (Å²) in [5.74, 6) is 1.22. The normalized spacial score (nSPS) is 11.2. The molecule has 3 aromatic carbocycles. The number of nitrogens with zero attached hydrogens (tertiary/aromatic N) is 2. The average molecular weight is 370 g/mol. The first-order valence-corrected chi connectivity index (χ1v) is 8.84. The maximum Gasteiger partial charge on any atom is 0.228 e. The zero-order valence-electron chi connectivity index (χ0n) is 15.2. The lowest BCUT2D eigenvalue weighted by Gasteiger charge is -2.06. The van der Waals surface area contributed by atoms with Crippen LogP contribution in [0.4, 0.5) is 5.69 Å². The van der Waals surface area contributed by atoms with E-state index in [0.29, 0.717) is 28.0 Å². The molecule has 0 aliphatic heterocycles. The molecule has 138 valence electrons. The van der Waals surface area contributed by atoms with Crippen molar-refractivity contribution in [2.75, 3.05) is 0 Å². The number of carbonyl (C=O) groups excluding carboxylic acids is 1. The molecule has 4 rings (SSSR count). The topological polar surface area (TPSA) is 63.8 Å². The van der Waals surface area contributed by atoms with Crippen LogP contribution in [0.15, 0.2) is 83.9 Å². The van der Waals surface area contributed by atoms with E-state index >= 15 is 0 Å². The van der Waals surface area contributed by atoms with Crippen molar-refractivity contribution in [2.24, 2.45) is 4.99 Å². The summed E-state index contributed by atoms with van der Waals surface area (Å²) in [6.45, 7) is 1.46. The van der Waals surface area contributed by atoms with E-state index in [9.17, 15) is 9.90 Å². The molecule has 0 fully saturated rings. The second kappa shape index (κ2) is 7.40. The molecule has 28 heavy (non-hydrogen) atoms. The quantitative estimate of drug-likeness (QED) is 0.479. The highest BCUT2D eigenvalue weighted by atomic mass is 16.5. The zero-order valence-corrected chi connectivity index (χ0v) is 15.2. The smallest absolute Gasteiger partial charge is 0.228 e. The second-order valence-corrected chi connectivity index (χ2v) is 6.28. The van der Waals surface area contributed by atoms with Crippen molar-refractivity contribution >= 4 is 28.7 Å². The van der Waals surface area contributed by atoms with Crippen molar-refractivity contribution in [1.82, 2.24) is 4.57 Å². The van der Waals surface area contributed by atoms with Crippen molar-refractivity contribution in [1.29, 1.82) is 0 Å². The van der Waals surface area contributed by atoms with Crippen molar-refractivity contribution in [3.8, 4) is 17.2 Å². The molecule has 0 spiro atoms. The molecule has 0 radical (unpaired) electrons. The standard InChI is InChI=1S/C23H18N2O3/c1-16(26)25-21-13-6-5-12-20(21)23(27)22(25)15-24-17-8-7-11-19(14-17)28-18-9-3-2-4-10-18/h2-15,27H,1H3. The van der Waals surface area contributed by atoms with Crippen LogP contribution in [-0.2, 0) is 0 Å². The molecule has 5 nitrogen and oxygen atoms in total. The Bertz CT molecular complexity index is 1180. The maximum atomic E-state index is 12.1. The summed E-state index contributed by atoms with van der Waals surface area (Å²) in [5.41, 5.74) is 1.64. The molecule has 0 saturated carbocycles. The SMILES string of the molecule is CC(=O)n1c(C=Nc2cccc(Oc3ccccc3)c2)c(O)c2ccccc21. The number of fused-ring (bicyclic) bond motifs is 1. The third-order valence-corrected chi connectivity index (χ3v) is 4.33. The molecule has 1 heterocycles. The summed E-state index contributed by atoms with van der Waals surface area (Å²) in [7, 11) is 0. The Balaban J connectivity index is 1.68. The fraction of sp³-hybridized carbons (Fsp3) is 0.0435. The fourth-order valence-corrected chi connectivity index (χ4v) is 3.09. The molecule has 0 aliphatic carbocycles. The molecule has 0 atom stereocenters. The molecule has 5 heteroatoms. The van der Waals surface area contributed by atoms with Crippen LogP contribution in [0.1, 0.15) is 17.4 Å². The predicted molar refractivity (Wildman–Crippen MR) is 110 cm³/mol. The van der Waals surface area contributed by atoms with Crippen LogP contribution in [0.3, 0.4) is 0 Å². The van der Waals surface area contributed by atoms with Crippen LogP contribution in [0.5, 0.6) is 17.2 Å². The summed E-state index contributed by atoms with van der Waals surface area (Å²) in [6, 6.07) is 24.0. The molecule has 0 aliphatic rings. The van der Waals surface area contributed by atoms with Gasteiger partial charge in [-0.25, -0.2) is 0 Å². The van der Waals surface area contributed by atoms with E-state index < -0.39 is 0 Å². The highest BCUT2D eigenvalue weighted by Gasteiger charge is 2.17. The monoisotopic (exact) mass is 370 g/mol. The number of hydrogen-bond donors (Lipinski definition) is 1. The van der Waals surface area contributed by atoms with Crippen LogP contribution in [0.2, 0.25) is 0 Å². The number of aliphatic imine (C=N–C) groups is 1. The van der Waals surface area contributed by atoms with Gasteiger partial charge in [-0.05, 0) is 36.4 Å². The van der Waals surface area contributed by atoms with Gasteiger partial charge in [-0.15, -0.1) is 0 Å². The highest BCUT2D eigenvalue weighted by molar-refractivity contribution is 6.04. The molecule has 1 N–H and O–H groups in total. The van der Waals surface area contributed by atoms with Crippen LogP contribution < -0.4 is 4.74 Å². The van der Waals surface area contributed by atoms with Crippen LogP contribution in [0, 0.1) is 0 Å². The number of benzene rings is 3. The fourth-order valence-electron chi connectivity index (χ4n) is 3.09. The number of aromatic nitrogens is 1. The molecule has 0 amide bonds. The van der Waals surface area contributed by atoms with Gasteiger partial charge in [-0.2, -0.15) is 0 Å². The van der Waals surface area contributed by atoms with Gasteiger partial charge in [0.25, 0.3) is 0 Å². The third-order valence-electron chi connectivity index (χ3n) is 4.33. The molecule has 4 aromatic rings. The van der Waals surface area contributed by atoms with E-state index in [1.807, 2.05) is 60.7 Å². The minimum atomic E-state index is -0.195. The van der Waals surface area contributed by atoms with E-state index in [-0.39, 0.29) is 11.7 Å². The van der Waals surface area contributed by atoms with Crippen molar-refractivity contribution in [3.63, 3.8) is 0 Å². The highest BCUT2D eigenvalue weighted by Crippen LogP contribution is 2.32. The number of ether oxygens (including phenoxy) is 1. The number of carbonyl (C=O) groups is 1. The molecular weight excluding hydrogens is 352 g/mol. The minimum absolute atomic E-state index is 0.0336. The molecular formula is C23H18N2O3. The van der Waals surface area contributed by atoms with E-state index in [2.05, 4.69) is 4.99 Å². The summed E-state index contributed by atoms with van der Waals surface area (Å²) >= 11 is 0. The van der Waals surface area contributed by atoms with Gasteiger partial charge < -0.3 is 9.84 Å². The number of para-hydroxylation sites is 2. The third kappa shape index (κ3) is 3.38. The summed E-state index contributed by atoms with van der Waals surface area (Å²) < 4.78 is 7.28. The first-order valence-electron chi connectivity index (χ1n) is 8.84. The van der Waals surface area contributed by atoms with Crippen LogP contribution in [0.25, 0.3) is 10.9 Å². The average Bonchev–Trinajstić information content (AvgIpc) is 3.00. The Kier molecular flexibility index (Phi) is 4.64. The number of rotatable bonds is 4. The van der Waals surface area contributed by atoms with E-state index in [0.717, 1.165) is 5.75 Å². The van der Waals surface area contributed by atoms with Gasteiger partial charge in [0.2, 0.25) is 5.91 Å². The van der Waals surface area contributed by atoms with Gasteiger partial charge in [-0.1, -0.05) is 36.4 Å². The zero-order chi connectivity index (χ0) is 19.5. The first-order chi connectivity index (χ1) is 13.6. The number of hydrogen-bond acceptors (Lipinski definition) is 4. The van der Waals surface area contributed by atoms with E-state index in [4.69, 9.17) is 4.74 Å². The Morgan fingerprint density at radius 2 is 1.68 bits per heavy atom. The second-order valence-electron chi connectivity index (χ2n) is 6.28. The largest absolute Gasteiger partial charge is 0.505 e. The van der Waals surface area contributed by atoms with Gasteiger partial charge in [-0.3, -0.25) is 14.4 Å². The summed E-state index contributed by atoms with van der Waals surface area (Å²) in [5, 5.41) is 11.2. The van der Waals surface area contributed by atoms with Gasteiger partial charge in [0, 0.05) is 18.4 Å². The molecule has 0 unspecified atom stereocenters. The van der Waals surface area contributed by atoms with E-state index in [1.165, 1.54) is 17.7 Å².